The molecule has 9 heteroatoms. The van der Waals surface area contributed by atoms with E-state index < -0.39 is 0 Å². The lowest BCUT2D eigenvalue weighted by Gasteiger charge is -2.23. The number of carbonyl (C=O) groups is 1. The van der Waals surface area contributed by atoms with E-state index in [1.54, 1.807) is 12.1 Å². The number of carbonyl (C=O) groups excluding carboxylic acids is 1. The summed E-state index contributed by atoms with van der Waals surface area (Å²) < 4.78 is 0. The number of H-pyrrole nitrogens is 2. The van der Waals surface area contributed by atoms with E-state index in [9.17, 15) is 14.4 Å². The Morgan fingerprint density at radius 1 is 1.13 bits per heavy atom. The van der Waals surface area contributed by atoms with Gasteiger partial charge in [-0.15, -0.1) is 0 Å². The second-order valence-corrected chi connectivity index (χ2v) is 10.6. The Balaban J connectivity index is 1.36. The lowest BCUT2D eigenvalue weighted by molar-refractivity contribution is -0.121. The predicted octanol–water partition coefficient (Wildman–Crippen LogP) is 3.65. The number of amides is 1. The maximum Gasteiger partial charge on any atom is 0.270 e. The third kappa shape index (κ3) is 7.07. The Hall–Kier alpha value is -1.87. The van der Waals surface area contributed by atoms with E-state index in [1.165, 1.54) is 18.6 Å². The molecule has 0 radical (unpaired) electrons. The van der Waals surface area contributed by atoms with Gasteiger partial charge < -0.3 is 10.2 Å². The average molecular weight is 465 g/mol. The number of benzene rings is 1. The van der Waals surface area contributed by atoms with Crippen LogP contribution in [0, 0.1) is 0 Å². The molecule has 1 atom stereocenters. The van der Waals surface area contributed by atoms with Crippen molar-refractivity contribution < 1.29 is 4.79 Å². The van der Waals surface area contributed by atoms with Gasteiger partial charge in [-0.05, 0) is 57.2 Å². The Morgan fingerprint density at radius 2 is 1.94 bits per heavy atom. The summed E-state index contributed by atoms with van der Waals surface area (Å²) in [5.74, 6) is 1.42. The number of aromatic nitrogens is 2. The molecule has 1 amide bonds. The third-order valence-corrected chi connectivity index (χ3v) is 8.62. The molecule has 1 aliphatic rings. The first-order chi connectivity index (χ1) is 15.1. The van der Waals surface area contributed by atoms with Crippen molar-refractivity contribution in [2.45, 2.75) is 57.1 Å². The molecule has 1 aromatic heterocycles. The zero-order valence-electron chi connectivity index (χ0n) is 18.1. The summed E-state index contributed by atoms with van der Waals surface area (Å²) in [4.78, 5) is 38.1. The van der Waals surface area contributed by atoms with Gasteiger partial charge in [0.05, 0.1) is 10.8 Å². The number of nitrogens with one attached hydrogen (secondary N) is 3. The van der Waals surface area contributed by atoms with Crippen molar-refractivity contribution in [3.8, 4) is 0 Å². The minimum atomic E-state index is -0.295. The first kappa shape index (κ1) is 23.8. The van der Waals surface area contributed by atoms with Crippen molar-refractivity contribution in [1.82, 2.24) is 15.5 Å². The lowest BCUT2D eigenvalue weighted by atomic mass is 10.1. The zero-order valence-corrected chi connectivity index (χ0v) is 19.7. The summed E-state index contributed by atoms with van der Waals surface area (Å²) in [5.41, 5.74) is 0.335. The molecule has 2 aromatic rings. The van der Waals surface area contributed by atoms with Gasteiger partial charge in [0.25, 0.3) is 11.1 Å². The molecule has 0 saturated carbocycles. The fraction of sp³-hybridized carbons (Fsp3) is 0.591. The van der Waals surface area contributed by atoms with Gasteiger partial charge in [0.15, 0.2) is 0 Å². The first-order valence-electron chi connectivity index (χ1n) is 11.1. The normalized spacial score (nSPS) is 16.0. The molecular weight excluding hydrogens is 432 g/mol. The summed E-state index contributed by atoms with van der Waals surface area (Å²) in [5, 5.41) is 9.34. The average Bonchev–Trinajstić information content (AvgIpc) is 3.30. The van der Waals surface area contributed by atoms with Crippen LogP contribution in [0.3, 0.4) is 0 Å². The van der Waals surface area contributed by atoms with E-state index >= 15 is 0 Å². The van der Waals surface area contributed by atoms with Crippen LogP contribution >= 0.6 is 21.6 Å². The number of rotatable bonds is 12. The summed E-state index contributed by atoms with van der Waals surface area (Å²) in [6.07, 6.45) is 7.12. The second-order valence-electron chi connectivity index (χ2n) is 7.85. The number of nitrogens with zero attached hydrogens (tertiary/aromatic N) is 1. The van der Waals surface area contributed by atoms with Crippen LogP contribution in [0.2, 0.25) is 0 Å². The third-order valence-electron chi connectivity index (χ3n) is 5.61. The van der Waals surface area contributed by atoms with E-state index in [0.717, 1.165) is 49.7 Å². The summed E-state index contributed by atoms with van der Waals surface area (Å²) in [6.45, 7) is 4.39. The molecule has 2 heterocycles. The molecule has 0 bridgehead atoms. The number of hydrogen-bond donors (Lipinski definition) is 3. The molecule has 3 rings (SSSR count). The van der Waals surface area contributed by atoms with E-state index in [0.29, 0.717) is 23.7 Å². The van der Waals surface area contributed by atoms with Crippen molar-refractivity contribution >= 4 is 44.0 Å². The Kier molecular flexibility index (Phi) is 9.39. The van der Waals surface area contributed by atoms with Crippen molar-refractivity contribution in [1.29, 1.82) is 0 Å². The van der Waals surface area contributed by atoms with Gasteiger partial charge in [0, 0.05) is 42.7 Å². The number of anilines is 1. The van der Waals surface area contributed by atoms with E-state index in [4.69, 9.17) is 0 Å². The fourth-order valence-corrected chi connectivity index (χ4v) is 6.83. The molecule has 1 aliphatic heterocycles. The van der Waals surface area contributed by atoms with Crippen LogP contribution in [-0.2, 0) is 4.79 Å². The Labute approximate surface area is 190 Å². The highest BCUT2D eigenvalue weighted by Crippen LogP contribution is 2.39. The largest absolute Gasteiger partial charge is 0.372 e. The van der Waals surface area contributed by atoms with Crippen molar-refractivity contribution in [3.05, 3.63) is 38.9 Å². The quantitative estimate of drug-likeness (QED) is 0.328. The number of hydrogen-bond acceptors (Lipinski definition) is 6. The van der Waals surface area contributed by atoms with Crippen LogP contribution in [0.25, 0.3) is 10.8 Å². The van der Waals surface area contributed by atoms with Gasteiger partial charge in [-0.1, -0.05) is 28.0 Å². The van der Waals surface area contributed by atoms with Crippen molar-refractivity contribution in [3.63, 3.8) is 0 Å². The molecular formula is C22H32N4O3S2. The molecule has 0 aliphatic carbocycles. The molecule has 170 valence electrons. The monoisotopic (exact) mass is 464 g/mol. The van der Waals surface area contributed by atoms with Crippen LogP contribution in [0.5, 0.6) is 0 Å². The fourth-order valence-electron chi connectivity index (χ4n) is 3.80. The van der Waals surface area contributed by atoms with Crippen LogP contribution in [0.1, 0.15) is 51.9 Å². The van der Waals surface area contributed by atoms with Gasteiger partial charge in [0.2, 0.25) is 5.91 Å². The maximum absolute atomic E-state index is 12.0. The maximum atomic E-state index is 12.0. The minimum absolute atomic E-state index is 0.153. The SMILES string of the molecule is CCN(CCCCNC(=O)CCCCC1CCSS1)c1ccc2c(=O)[nH][nH]c(=O)c2c1. The number of fused-ring (bicyclic) bond motifs is 1. The molecule has 1 saturated heterocycles. The zero-order chi connectivity index (χ0) is 22.1. The summed E-state index contributed by atoms with van der Waals surface area (Å²) in [7, 11) is 3.98. The van der Waals surface area contributed by atoms with Crippen molar-refractivity contribution in [2.75, 3.05) is 30.3 Å². The van der Waals surface area contributed by atoms with Gasteiger partial charge in [-0.25, -0.2) is 0 Å². The molecule has 1 unspecified atom stereocenters. The van der Waals surface area contributed by atoms with Crippen molar-refractivity contribution in [2.24, 2.45) is 0 Å². The van der Waals surface area contributed by atoms with Crippen LogP contribution in [0.15, 0.2) is 27.8 Å². The number of unbranched alkanes of at least 4 members (excludes halogenated alkanes) is 2. The van der Waals surface area contributed by atoms with Crippen LogP contribution in [0.4, 0.5) is 5.69 Å². The molecule has 7 nitrogen and oxygen atoms in total. The highest BCUT2D eigenvalue weighted by atomic mass is 33.1. The highest BCUT2D eigenvalue weighted by molar-refractivity contribution is 8.77. The minimum Gasteiger partial charge on any atom is -0.372 e. The first-order valence-corrected chi connectivity index (χ1v) is 13.5. The predicted molar refractivity (Wildman–Crippen MR) is 132 cm³/mol. The summed E-state index contributed by atoms with van der Waals surface area (Å²) >= 11 is 0. The topological polar surface area (TPSA) is 98.1 Å². The second kappa shape index (κ2) is 12.2. The standard InChI is InChI=1S/C22H32N4O3S2/c1-2-26(16-9-10-18-19(15-16)22(29)25-24-21(18)28)13-6-5-12-23-20(27)8-4-3-7-17-11-14-30-31-17/h9-10,15,17H,2-8,11-14H2,1H3,(H,23,27)(H,24,28)(H,25,29). The van der Waals surface area contributed by atoms with E-state index in [2.05, 4.69) is 27.3 Å². The van der Waals surface area contributed by atoms with Crippen LogP contribution < -0.4 is 21.3 Å². The van der Waals surface area contributed by atoms with Gasteiger partial charge in [-0.2, -0.15) is 0 Å². The molecule has 1 fully saturated rings. The molecule has 3 N–H and O–H groups in total. The van der Waals surface area contributed by atoms with Crippen LogP contribution in [-0.4, -0.2) is 46.7 Å². The molecule has 1 aromatic carbocycles. The Morgan fingerprint density at radius 3 is 2.68 bits per heavy atom. The van der Waals surface area contributed by atoms with E-state index in [-0.39, 0.29) is 17.0 Å². The summed E-state index contributed by atoms with van der Waals surface area (Å²) in [6, 6.07) is 5.36. The van der Waals surface area contributed by atoms with Gasteiger partial charge in [0.1, 0.15) is 0 Å². The van der Waals surface area contributed by atoms with Gasteiger partial charge >= 0.3 is 0 Å². The number of aromatic amines is 2. The highest BCUT2D eigenvalue weighted by Gasteiger charge is 2.15. The molecule has 0 spiro atoms. The van der Waals surface area contributed by atoms with Gasteiger partial charge in [-0.3, -0.25) is 24.6 Å². The Bertz CT molecular complexity index is 969. The molecule has 31 heavy (non-hydrogen) atoms. The lowest BCUT2D eigenvalue weighted by Crippen LogP contribution is -2.27. The van der Waals surface area contributed by atoms with E-state index in [1.807, 2.05) is 27.7 Å². The smallest absolute Gasteiger partial charge is 0.270 e.